The first-order chi connectivity index (χ1) is 12.1. The second-order valence-electron chi connectivity index (χ2n) is 7.08. The van der Waals surface area contributed by atoms with E-state index in [9.17, 15) is 9.90 Å². The number of carboxylic acid groups (broad SMARTS) is 1. The predicted octanol–water partition coefficient (Wildman–Crippen LogP) is 2.70. The number of nitrogens with zero attached hydrogens (tertiary/aromatic N) is 3. The topological polar surface area (TPSA) is 81.3 Å². The number of aryl methyl sites for hydroxylation is 1. The van der Waals surface area contributed by atoms with Crippen LogP contribution in [0.1, 0.15) is 24.2 Å². The summed E-state index contributed by atoms with van der Waals surface area (Å²) in [5.74, 6) is 1.64. The summed E-state index contributed by atoms with van der Waals surface area (Å²) in [5, 5.41) is 13.8. The zero-order valence-corrected chi connectivity index (χ0v) is 14.0. The lowest BCUT2D eigenvalue weighted by molar-refractivity contribution is 0.118. The molecule has 3 aliphatic heterocycles. The summed E-state index contributed by atoms with van der Waals surface area (Å²) < 4.78 is 6.13. The van der Waals surface area contributed by atoms with E-state index < -0.39 is 6.09 Å². The predicted molar refractivity (Wildman–Crippen MR) is 94.2 cm³/mol. The molecule has 2 saturated heterocycles. The number of carbonyl (C=O) groups is 1. The van der Waals surface area contributed by atoms with E-state index in [0.717, 1.165) is 41.1 Å². The minimum atomic E-state index is -0.822. The minimum absolute atomic E-state index is 0.0453. The Balaban J connectivity index is 1.53. The maximum absolute atomic E-state index is 11.4. The van der Waals surface area contributed by atoms with E-state index in [4.69, 9.17) is 4.42 Å². The van der Waals surface area contributed by atoms with Gasteiger partial charge in [-0.25, -0.2) is 9.79 Å². The molecule has 1 aromatic heterocycles. The Morgan fingerprint density at radius 3 is 3.12 bits per heavy atom. The van der Waals surface area contributed by atoms with Gasteiger partial charge in [0.15, 0.2) is 11.6 Å². The van der Waals surface area contributed by atoms with Crippen LogP contribution in [0.15, 0.2) is 27.6 Å². The Kier molecular flexibility index (Phi) is 3.01. The highest BCUT2D eigenvalue weighted by molar-refractivity contribution is 6.10. The van der Waals surface area contributed by atoms with E-state index in [0.29, 0.717) is 25.8 Å². The summed E-state index contributed by atoms with van der Waals surface area (Å²) in [6, 6.07) is 6.55. The smallest absolute Gasteiger partial charge is 0.407 e. The fraction of sp³-hybridized carbons (Fsp3) is 0.444. The molecule has 25 heavy (non-hydrogen) atoms. The molecule has 0 radical (unpaired) electrons. The van der Waals surface area contributed by atoms with Crippen LogP contribution in [-0.2, 0) is 0 Å². The van der Waals surface area contributed by atoms with Crippen molar-refractivity contribution >= 4 is 28.6 Å². The molecule has 5 rings (SSSR count). The van der Waals surface area contributed by atoms with Crippen molar-refractivity contribution in [1.29, 1.82) is 0 Å². The molecule has 7 nitrogen and oxygen atoms in total. The molecular weight excluding hydrogens is 320 g/mol. The van der Waals surface area contributed by atoms with E-state index in [2.05, 4.69) is 28.2 Å². The van der Waals surface area contributed by atoms with Crippen LogP contribution in [0.5, 0.6) is 0 Å². The van der Waals surface area contributed by atoms with Crippen molar-refractivity contribution in [2.75, 3.05) is 25.1 Å². The maximum Gasteiger partial charge on any atom is 0.407 e. The number of aliphatic imine (C=N–C) groups is 1. The van der Waals surface area contributed by atoms with Crippen LogP contribution in [-0.4, -0.2) is 58.7 Å². The van der Waals surface area contributed by atoms with Gasteiger partial charge < -0.3 is 24.6 Å². The maximum atomic E-state index is 11.4. The SMILES string of the molecule is Cc1ccc2oc3c(c2c1)NCN=C3N1CC2CC1CCN2C(=O)O. The van der Waals surface area contributed by atoms with Crippen LogP contribution in [0.4, 0.5) is 10.5 Å². The Labute approximate surface area is 144 Å². The first kappa shape index (κ1) is 14.6. The van der Waals surface area contributed by atoms with Gasteiger partial charge in [0.2, 0.25) is 0 Å². The molecule has 2 N–H and O–H groups in total. The number of amides is 1. The molecule has 3 aliphatic rings. The number of furan rings is 1. The third kappa shape index (κ3) is 2.11. The van der Waals surface area contributed by atoms with Gasteiger partial charge in [0.1, 0.15) is 12.3 Å². The zero-order chi connectivity index (χ0) is 17.1. The summed E-state index contributed by atoms with van der Waals surface area (Å²) in [4.78, 5) is 19.9. The van der Waals surface area contributed by atoms with E-state index in [1.165, 1.54) is 5.56 Å². The number of anilines is 1. The molecule has 0 saturated carbocycles. The molecular formula is C18H20N4O3. The van der Waals surface area contributed by atoms with Gasteiger partial charge in [-0.05, 0) is 31.9 Å². The lowest BCUT2D eigenvalue weighted by Crippen LogP contribution is -2.43. The highest BCUT2D eigenvalue weighted by Gasteiger charge is 2.44. The molecule has 2 fully saturated rings. The Morgan fingerprint density at radius 1 is 1.40 bits per heavy atom. The second kappa shape index (κ2) is 5.15. The van der Waals surface area contributed by atoms with Crippen molar-refractivity contribution in [3.63, 3.8) is 0 Å². The zero-order valence-electron chi connectivity index (χ0n) is 14.0. The molecule has 0 aliphatic carbocycles. The molecule has 0 spiro atoms. The lowest BCUT2D eigenvalue weighted by atomic mass is 10.0. The highest BCUT2D eigenvalue weighted by atomic mass is 16.4. The summed E-state index contributed by atoms with van der Waals surface area (Å²) >= 11 is 0. The van der Waals surface area contributed by atoms with Gasteiger partial charge in [-0.1, -0.05) is 11.6 Å². The van der Waals surface area contributed by atoms with Crippen LogP contribution in [0.2, 0.25) is 0 Å². The molecule has 2 unspecified atom stereocenters. The van der Waals surface area contributed by atoms with Crippen molar-refractivity contribution < 1.29 is 14.3 Å². The van der Waals surface area contributed by atoms with Crippen LogP contribution >= 0.6 is 0 Å². The summed E-state index contributed by atoms with van der Waals surface area (Å²) in [6.07, 6.45) is 0.884. The van der Waals surface area contributed by atoms with Crippen molar-refractivity contribution in [3.8, 4) is 0 Å². The van der Waals surface area contributed by atoms with Gasteiger partial charge >= 0.3 is 6.09 Å². The van der Waals surface area contributed by atoms with E-state index in [1.54, 1.807) is 4.90 Å². The third-order valence-electron chi connectivity index (χ3n) is 5.59. The molecule has 2 aromatic rings. The number of fused-ring (bicyclic) bond motifs is 5. The van der Waals surface area contributed by atoms with Gasteiger partial charge in [0, 0.05) is 24.5 Å². The number of piperidine rings is 1. The van der Waals surface area contributed by atoms with Crippen LogP contribution in [0.25, 0.3) is 11.0 Å². The summed E-state index contributed by atoms with van der Waals surface area (Å²) in [7, 11) is 0. The van der Waals surface area contributed by atoms with Crippen molar-refractivity contribution in [1.82, 2.24) is 9.80 Å². The average molecular weight is 340 g/mol. The number of amidine groups is 1. The van der Waals surface area contributed by atoms with Gasteiger partial charge in [-0.3, -0.25) is 0 Å². The largest absolute Gasteiger partial charge is 0.465 e. The third-order valence-corrected chi connectivity index (χ3v) is 5.59. The Bertz CT molecular complexity index is 903. The fourth-order valence-corrected chi connectivity index (χ4v) is 4.40. The molecule has 2 atom stereocenters. The first-order valence-corrected chi connectivity index (χ1v) is 8.70. The highest BCUT2D eigenvalue weighted by Crippen LogP contribution is 2.38. The number of benzene rings is 1. The number of likely N-dealkylation sites (tertiary alicyclic amines) is 2. The van der Waals surface area contributed by atoms with Crippen molar-refractivity contribution in [3.05, 3.63) is 29.5 Å². The van der Waals surface area contributed by atoms with Gasteiger partial charge in [-0.2, -0.15) is 0 Å². The molecule has 4 heterocycles. The summed E-state index contributed by atoms with van der Waals surface area (Å²) in [5.41, 5.74) is 3.04. The number of rotatable bonds is 0. The van der Waals surface area contributed by atoms with E-state index in [1.807, 2.05) is 12.1 Å². The molecule has 7 heteroatoms. The number of hydrogen-bond donors (Lipinski definition) is 2. The Morgan fingerprint density at radius 2 is 2.28 bits per heavy atom. The van der Waals surface area contributed by atoms with Crippen LogP contribution in [0, 0.1) is 6.92 Å². The lowest BCUT2D eigenvalue weighted by Gasteiger charge is -2.30. The normalized spacial score (nSPS) is 24.9. The van der Waals surface area contributed by atoms with E-state index in [-0.39, 0.29) is 6.04 Å². The molecule has 1 aromatic carbocycles. The minimum Gasteiger partial charge on any atom is -0.465 e. The van der Waals surface area contributed by atoms with Crippen molar-refractivity contribution in [2.24, 2.45) is 4.99 Å². The standard InChI is InChI=1S/C18H20N4O3/c1-10-2-3-14-13(6-10)15-16(25-14)17(20-9-19-15)22-8-12-7-11(22)4-5-21(12)18(23)24/h2-3,6,11-12,19H,4-5,7-9H2,1H3,(H,23,24). The van der Waals surface area contributed by atoms with Crippen LogP contribution < -0.4 is 5.32 Å². The van der Waals surface area contributed by atoms with Crippen molar-refractivity contribution in [2.45, 2.75) is 31.8 Å². The van der Waals surface area contributed by atoms with Gasteiger partial charge in [-0.15, -0.1) is 0 Å². The first-order valence-electron chi connectivity index (χ1n) is 8.70. The number of hydrogen-bond acceptors (Lipinski definition) is 5. The quantitative estimate of drug-likeness (QED) is 0.771. The fourth-order valence-electron chi connectivity index (χ4n) is 4.40. The van der Waals surface area contributed by atoms with E-state index >= 15 is 0 Å². The van der Waals surface area contributed by atoms with Crippen LogP contribution in [0.3, 0.4) is 0 Å². The Hall–Kier alpha value is -2.70. The summed E-state index contributed by atoms with van der Waals surface area (Å²) in [6.45, 7) is 3.87. The average Bonchev–Trinajstić information content (AvgIpc) is 3.12. The monoisotopic (exact) mass is 340 g/mol. The molecule has 130 valence electrons. The van der Waals surface area contributed by atoms with Gasteiger partial charge in [0.25, 0.3) is 0 Å². The van der Waals surface area contributed by atoms with Gasteiger partial charge in [0.05, 0.1) is 11.7 Å². The molecule has 2 bridgehead atoms. The molecule has 1 amide bonds. The second-order valence-corrected chi connectivity index (χ2v) is 7.08. The number of nitrogens with one attached hydrogen (secondary N) is 1.